The Labute approximate surface area is 264 Å². The smallest absolute Gasteiger partial charge is 1.00 e. The molecule has 0 fully saturated rings. The molecule has 5 aromatic rings. The van der Waals surface area contributed by atoms with Crippen molar-refractivity contribution < 1.29 is 51.0 Å². The van der Waals surface area contributed by atoms with Gasteiger partial charge in [0.15, 0.2) is 0 Å². The largest absolute Gasteiger partial charge is 4.00 e. The summed E-state index contributed by atoms with van der Waals surface area (Å²) in [5.41, 5.74) is 7.51. The molecule has 196 valence electrons. The maximum absolute atomic E-state index is 2.39. The van der Waals surface area contributed by atoms with Crippen LogP contribution in [-0.2, 0) is 39.0 Å². The van der Waals surface area contributed by atoms with Crippen molar-refractivity contribution in [1.82, 2.24) is 0 Å². The second-order valence-electron chi connectivity index (χ2n) is 9.70. The van der Waals surface area contributed by atoms with E-state index in [-0.39, 0.29) is 51.0 Å². The van der Waals surface area contributed by atoms with Crippen LogP contribution in [-0.4, -0.2) is 9.52 Å². The van der Waals surface area contributed by atoms with Gasteiger partial charge in [0.25, 0.3) is 0 Å². The molecule has 4 heteroatoms. The Balaban J connectivity index is 0.000000329. The fourth-order valence-electron chi connectivity index (χ4n) is 5.48. The Hall–Kier alpha value is -1.44. The molecule has 1 atom stereocenters. The minimum atomic E-state index is 0. The third-order valence-corrected chi connectivity index (χ3v) is 7.04. The van der Waals surface area contributed by atoms with Crippen molar-refractivity contribution in [3.05, 3.63) is 108 Å². The molecule has 0 bridgehead atoms. The molecule has 0 saturated heterocycles. The van der Waals surface area contributed by atoms with Crippen molar-refractivity contribution in [3.8, 4) is 11.1 Å². The van der Waals surface area contributed by atoms with Gasteiger partial charge in [-0.15, -0.1) is 64.0 Å². The molecule has 0 heterocycles. The molecule has 0 N–H and O–H groups in total. The van der Waals surface area contributed by atoms with Gasteiger partial charge in [0.05, 0.1) is 0 Å². The van der Waals surface area contributed by atoms with Crippen LogP contribution in [0.15, 0.2) is 91.0 Å². The van der Waals surface area contributed by atoms with E-state index < -0.39 is 0 Å². The second kappa shape index (κ2) is 17.3. The van der Waals surface area contributed by atoms with Crippen LogP contribution in [0.1, 0.15) is 55.7 Å². The monoisotopic (exact) mass is 634 g/mol. The SMILES string of the molecule is CCCC(C)c1c[cH-]c2ccccc12.C[Si]C.[Cl-].[Cl-].[Zr+4].c1ccc(-c2c3c(cc4[cH-]ccc24)CCC3)cc1. The zero-order chi connectivity index (χ0) is 24.6. The Morgan fingerprint density at radius 3 is 2.24 bits per heavy atom. The molecule has 0 saturated carbocycles. The van der Waals surface area contributed by atoms with Crippen molar-refractivity contribution in [1.29, 1.82) is 0 Å². The van der Waals surface area contributed by atoms with Gasteiger partial charge in [0.2, 0.25) is 0 Å². The topological polar surface area (TPSA) is 0 Å². The maximum Gasteiger partial charge on any atom is 4.00 e. The number of hydrogen-bond acceptors (Lipinski definition) is 0. The minimum Gasteiger partial charge on any atom is -1.00 e. The van der Waals surface area contributed by atoms with Crippen molar-refractivity contribution >= 4 is 31.1 Å². The summed E-state index contributed by atoms with van der Waals surface area (Å²) in [5, 5.41) is 5.63. The van der Waals surface area contributed by atoms with Gasteiger partial charge in [-0.2, -0.15) is 17.7 Å². The molecule has 0 amide bonds. The number of hydrogen-bond donors (Lipinski definition) is 0. The predicted molar refractivity (Wildman–Crippen MR) is 157 cm³/mol. The maximum atomic E-state index is 2.39. The van der Waals surface area contributed by atoms with Crippen LogP contribution in [0.25, 0.3) is 32.7 Å². The molecular weight excluding hydrogens is 599 g/mol. The molecule has 0 nitrogen and oxygen atoms in total. The first-order chi connectivity index (χ1) is 17.2. The number of aryl methyl sites for hydroxylation is 1. The van der Waals surface area contributed by atoms with Crippen LogP contribution < -0.4 is 24.8 Å². The summed E-state index contributed by atoms with van der Waals surface area (Å²) in [6.45, 7) is 8.88. The molecule has 38 heavy (non-hydrogen) atoms. The van der Waals surface area contributed by atoms with E-state index in [4.69, 9.17) is 0 Å². The fraction of sp³-hybridized carbons (Fsp3) is 0.294. The molecule has 0 aromatic heterocycles. The number of fused-ring (bicyclic) bond motifs is 3. The normalized spacial score (nSPS) is 12.0. The van der Waals surface area contributed by atoms with Crippen molar-refractivity contribution in [2.45, 2.75) is 65.0 Å². The van der Waals surface area contributed by atoms with Gasteiger partial charge in [-0.25, -0.2) is 0 Å². The molecule has 0 spiro atoms. The van der Waals surface area contributed by atoms with Crippen LogP contribution in [0, 0.1) is 0 Å². The number of rotatable bonds is 4. The van der Waals surface area contributed by atoms with Crippen LogP contribution in [0.2, 0.25) is 13.1 Å². The molecule has 1 unspecified atom stereocenters. The van der Waals surface area contributed by atoms with Crippen LogP contribution in [0.4, 0.5) is 0 Å². The molecule has 6 rings (SSSR count). The summed E-state index contributed by atoms with van der Waals surface area (Å²) >= 11 is 0. The average Bonchev–Trinajstić information content (AvgIpc) is 3.63. The Morgan fingerprint density at radius 1 is 0.842 bits per heavy atom. The summed E-state index contributed by atoms with van der Waals surface area (Å²) < 4.78 is 0. The van der Waals surface area contributed by atoms with E-state index in [1.54, 1.807) is 11.1 Å². The van der Waals surface area contributed by atoms with Crippen LogP contribution in [0.5, 0.6) is 0 Å². The van der Waals surface area contributed by atoms with Gasteiger partial charge in [0, 0.05) is 9.52 Å². The molecule has 2 radical (unpaired) electrons. The average molecular weight is 637 g/mol. The fourth-order valence-corrected chi connectivity index (χ4v) is 5.48. The Morgan fingerprint density at radius 2 is 1.53 bits per heavy atom. The van der Waals surface area contributed by atoms with Crippen LogP contribution >= 0.6 is 0 Å². The van der Waals surface area contributed by atoms with Crippen LogP contribution in [0.3, 0.4) is 0 Å². The molecule has 5 aromatic carbocycles. The quantitative estimate of drug-likeness (QED) is 0.207. The first kappa shape index (κ1) is 34.6. The van der Waals surface area contributed by atoms with Crippen molar-refractivity contribution in [2.75, 3.05) is 0 Å². The van der Waals surface area contributed by atoms with Gasteiger partial charge >= 0.3 is 26.2 Å². The standard InChI is InChI=1S/C18H15.C14H17.C2H6Si.2ClH.Zr/c1-2-6-13(7-3-1)18-16-10-4-8-14(16)12-15-9-5-11-17(15)18;1-3-6-11(2)13-10-9-12-7-4-5-8-14(12)13;1-3-2;;;/h1-4,6-8,10,12H,5,9,11H2;4-5,7-11H,3,6H2,1-2H3;1-2H3;2*1H;/q2*-1;;;;+4/p-2. The van der Waals surface area contributed by atoms with Gasteiger partial charge < -0.3 is 24.8 Å². The minimum absolute atomic E-state index is 0. The second-order valence-corrected chi connectivity index (χ2v) is 10.7. The molecular formula is C34H38Cl2SiZr. The summed E-state index contributed by atoms with van der Waals surface area (Å²) in [6, 6.07) is 33.1. The summed E-state index contributed by atoms with van der Waals surface area (Å²) in [4.78, 5) is 0. The van der Waals surface area contributed by atoms with E-state index in [1.165, 1.54) is 70.3 Å². The van der Waals surface area contributed by atoms with Gasteiger partial charge in [-0.3, -0.25) is 0 Å². The zero-order valence-corrected chi connectivity index (χ0v) is 28.0. The van der Waals surface area contributed by atoms with E-state index in [1.807, 2.05) is 0 Å². The third-order valence-electron chi connectivity index (χ3n) is 7.04. The first-order valence-electron chi connectivity index (χ1n) is 13.2. The van der Waals surface area contributed by atoms with E-state index in [0.29, 0.717) is 5.92 Å². The molecule has 1 aliphatic rings. The summed E-state index contributed by atoms with van der Waals surface area (Å²) in [7, 11) is 1.08. The van der Waals surface area contributed by atoms with E-state index in [0.717, 1.165) is 9.52 Å². The zero-order valence-electron chi connectivity index (χ0n) is 23.0. The van der Waals surface area contributed by atoms with E-state index in [2.05, 4.69) is 118 Å². The van der Waals surface area contributed by atoms with E-state index in [9.17, 15) is 0 Å². The van der Waals surface area contributed by atoms with E-state index >= 15 is 0 Å². The Kier molecular flexibility index (Phi) is 15.7. The summed E-state index contributed by atoms with van der Waals surface area (Å²) in [5.74, 6) is 0.694. The summed E-state index contributed by atoms with van der Waals surface area (Å²) in [6.07, 6.45) is 6.34. The third kappa shape index (κ3) is 8.04. The number of benzene rings is 3. The Bertz CT molecular complexity index is 1350. The van der Waals surface area contributed by atoms with Gasteiger partial charge in [0.1, 0.15) is 0 Å². The predicted octanol–water partition coefficient (Wildman–Crippen LogP) is 3.97. The van der Waals surface area contributed by atoms with Gasteiger partial charge in [-0.05, 0) is 24.8 Å². The van der Waals surface area contributed by atoms with Crippen molar-refractivity contribution in [3.63, 3.8) is 0 Å². The molecule has 1 aliphatic carbocycles. The molecule has 0 aliphatic heterocycles. The number of halogens is 2. The van der Waals surface area contributed by atoms with Gasteiger partial charge in [-0.1, -0.05) is 98.8 Å². The van der Waals surface area contributed by atoms with Crippen molar-refractivity contribution in [2.24, 2.45) is 0 Å². The first-order valence-corrected chi connectivity index (χ1v) is 15.2.